The molecule has 8 nitrogen and oxygen atoms in total. The number of aromatic amines is 1. The van der Waals surface area contributed by atoms with Crippen LogP contribution in [0, 0.1) is 0 Å². The van der Waals surface area contributed by atoms with Gasteiger partial charge in [0.1, 0.15) is 9.23 Å². The van der Waals surface area contributed by atoms with E-state index in [0.717, 1.165) is 11.3 Å². The Bertz CT molecular complexity index is 907. The number of hydrogen-bond acceptors (Lipinski definition) is 7. The van der Waals surface area contributed by atoms with Crippen LogP contribution in [0.1, 0.15) is 0 Å². The molecule has 0 radical (unpaired) electrons. The van der Waals surface area contributed by atoms with Crippen molar-refractivity contribution >= 4 is 44.6 Å². The fraction of sp³-hybridized carbons (Fsp3) is 0. The molecule has 22 heavy (non-hydrogen) atoms. The number of nitrogens with two attached hydrogens (primary N) is 1. The summed E-state index contributed by atoms with van der Waals surface area (Å²) in [6, 6.07) is 4.71. The van der Waals surface area contributed by atoms with Crippen molar-refractivity contribution in [3.8, 4) is 10.7 Å². The Morgan fingerprint density at radius 3 is 2.77 bits per heavy atom. The first-order valence-electron chi connectivity index (χ1n) is 5.86. The molecule has 0 aliphatic carbocycles. The highest BCUT2D eigenvalue weighted by molar-refractivity contribution is 7.91. The predicted octanol–water partition coefficient (Wildman–Crippen LogP) is 1.97. The summed E-state index contributed by atoms with van der Waals surface area (Å²) in [5.74, 6) is 1.25. The second kappa shape index (κ2) is 5.65. The van der Waals surface area contributed by atoms with Crippen LogP contribution in [-0.4, -0.2) is 28.6 Å². The zero-order valence-electron chi connectivity index (χ0n) is 10.8. The van der Waals surface area contributed by atoms with Gasteiger partial charge < -0.3 is 5.32 Å². The van der Waals surface area contributed by atoms with Crippen LogP contribution in [0.25, 0.3) is 10.7 Å². The van der Waals surface area contributed by atoms with Gasteiger partial charge in [-0.3, -0.25) is 5.10 Å². The summed E-state index contributed by atoms with van der Waals surface area (Å²) >= 11 is 7.03. The van der Waals surface area contributed by atoms with Crippen molar-refractivity contribution < 1.29 is 8.42 Å². The van der Waals surface area contributed by atoms with E-state index >= 15 is 0 Å². The first kappa shape index (κ1) is 14.9. The Hall–Kier alpha value is -2.01. The number of hydrogen-bond donors (Lipinski definition) is 3. The molecule has 0 atom stereocenters. The van der Waals surface area contributed by atoms with Gasteiger partial charge >= 0.3 is 0 Å². The Labute approximate surface area is 134 Å². The lowest BCUT2D eigenvalue weighted by atomic mass is 10.4. The minimum absolute atomic E-state index is 0.0443. The average Bonchev–Trinajstić information content (AvgIpc) is 3.11. The van der Waals surface area contributed by atoms with E-state index in [9.17, 15) is 8.42 Å². The van der Waals surface area contributed by atoms with Crippen LogP contribution in [0.3, 0.4) is 0 Å². The molecule has 3 aromatic rings. The molecular formula is C11H9ClN6O2S2. The van der Waals surface area contributed by atoms with Crippen LogP contribution in [0.4, 0.5) is 11.6 Å². The summed E-state index contributed by atoms with van der Waals surface area (Å²) in [6.45, 7) is 0. The van der Waals surface area contributed by atoms with Crippen molar-refractivity contribution in [3.63, 3.8) is 0 Å². The van der Waals surface area contributed by atoms with Crippen LogP contribution in [0.5, 0.6) is 0 Å². The number of halogens is 1. The van der Waals surface area contributed by atoms with Gasteiger partial charge in [-0.1, -0.05) is 11.6 Å². The number of aromatic nitrogens is 4. The SMILES string of the molecule is NS(=O)(=O)c1ccc(-c2ncc(Cl)c(Nc3cc[nH]n3)n2)s1. The van der Waals surface area contributed by atoms with E-state index < -0.39 is 10.0 Å². The Kier molecular flexibility index (Phi) is 3.83. The highest BCUT2D eigenvalue weighted by atomic mass is 35.5. The van der Waals surface area contributed by atoms with Crippen molar-refractivity contribution in [2.24, 2.45) is 5.14 Å². The molecule has 0 aliphatic rings. The van der Waals surface area contributed by atoms with E-state index in [4.69, 9.17) is 16.7 Å². The first-order chi connectivity index (χ1) is 10.4. The van der Waals surface area contributed by atoms with Crippen LogP contribution in [0.2, 0.25) is 5.02 Å². The monoisotopic (exact) mass is 356 g/mol. The standard InChI is InChI=1S/C11H9ClN6O2S2/c12-6-5-14-11(7-1-2-9(21-7)22(13,19)20)17-10(6)16-8-3-4-15-18-8/h1-5H,(H2,13,19,20)(H2,14,15,16,17,18). The van der Waals surface area contributed by atoms with Gasteiger partial charge in [-0.25, -0.2) is 23.5 Å². The fourth-order valence-corrected chi connectivity index (χ4v) is 3.43. The van der Waals surface area contributed by atoms with Crippen molar-refractivity contribution in [2.75, 3.05) is 5.32 Å². The summed E-state index contributed by atoms with van der Waals surface area (Å²) in [6.07, 6.45) is 3.07. The molecule has 3 heterocycles. The summed E-state index contributed by atoms with van der Waals surface area (Å²) in [5.41, 5.74) is 0. The number of thiophene rings is 1. The van der Waals surface area contributed by atoms with Gasteiger partial charge in [0, 0.05) is 12.3 Å². The zero-order chi connectivity index (χ0) is 15.7. The predicted molar refractivity (Wildman–Crippen MR) is 83.6 cm³/mol. The highest BCUT2D eigenvalue weighted by Crippen LogP contribution is 2.30. The number of rotatable bonds is 4. The molecule has 0 aromatic carbocycles. The maximum absolute atomic E-state index is 11.3. The van der Waals surface area contributed by atoms with Crippen molar-refractivity contribution in [3.05, 3.63) is 35.6 Å². The average molecular weight is 357 g/mol. The molecule has 114 valence electrons. The van der Waals surface area contributed by atoms with Crippen molar-refractivity contribution in [2.45, 2.75) is 4.21 Å². The van der Waals surface area contributed by atoms with Crippen LogP contribution < -0.4 is 10.5 Å². The molecule has 0 fully saturated rings. The van der Waals surface area contributed by atoms with E-state index in [1.807, 2.05) is 0 Å². The molecule has 0 unspecified atom stereocenters. The van der Waals surface area contributed by atoms with Gasteiger partial charge in [0.25, 0.3) is 0 Å². The third kappa shape index (κ3) is 3.09. The summed E-state index contributed by atoms with van der Waals surface area (Å²) in [4.78, 5) is 8.94. The second-order valence-corrected chi connectivity index (χ2v) is 7.42. The van der Waals surface area contributed by atoms with Gasteiger partial charge in [-0.05, 0) is 12.1 Å². The lowest BCUT2D eigenvalue weighted by Gasteiger charge is -2.05. The minimum Gasteiger partial charge on any atom is -0.322 e. The molecule has 11 heteroatoms. The molecule has 3 rings (SSSR count). The third-order valence-electron chi connectivity index (χ3n) is 2.57. The summed E-state index contributed by atoms with van der Waals surface area (Å²) in [5, 5.41) is 14.9. The Morgan fingerprint density at radius 1 is 1.32 bits per heavy atom. The molecule has 0 saturated carbocycles. The van der Waals surface area contributed by atoms with E-state index in [0.29, 0.717) is 27.4 Å². The van der Waals surface area contributed by atoms with Gasteiger partial charge in [0.15, 0.2) is 17.5 Å². The lowest BCUT2D eigenvalue weighted by Crippen LogP contribution is -2.09. The quantitative estimate of drug-likeness (QED) is 0.656. The topological polar surface area (TPSA) is 127 Å². The Balaban J connectivity index is 1.96. The molecule has 3 aromatic heterocycles. The number of H-pyrrole nitrogens is 1. The lowest BCUT2D eigenvalue weighted by molar-refractivity contribution is 0.600. The summed E-state index contributed by atoms with van der Waals surface area (Å²) < 4.78 is 22.7. The van der Waals surface area contributed by atoms with Gasteiger partial charge in [-0.15, -0.1) is 11.3 Å². The molecule has 0 bridgehead atoms. The maximum Gasteiger partial charge on any atom is 0.247 e. The number of anilines is 2. The van der Waals surface area contributed by atoms with Gasteiger partial charge in [-0.2, -0.15) is 5.10 Å². The smallest absolute Gasteiger partial charge is 0.247 e. The first-order valence-corrected chi connectivity index (χ1v) is 8.60. The second-order valence-electron chi connectivity index (χ2n) is 4.14. The number of primary sulfonamides is 1. The van der Waals surface area contributed by atoms with Crippen LogP contribution >= 0.6 is 22.9 Å². The molecule has 4 N–H and O–H groups in total. The van der Waals surface area contributed by atoms with Gasteiger partial charge in [0.2, 0.25) is 10.0 Å². The summed E-state index contributed by atoms with van der Waals surface area (Å²) in [7, 11) is -3.74. The third-order valence-corrected chi connectivity index (χ3v) is 5.37. The van der Waals surface area contributed by atoms with Crippen molar-refractivity contribution in [1.29, 1.82) is 0 Å². The molecule has 0 amide bonds. The highest BCUT2D eigenvalue weighted by Gasteiger charge is 2.15. The minimum atomic E-state index is -3.74. The van der Waals surface area contributed by atoms with Crippen molar-refractivity contribution in [1.82, 2.24) is 20.2 Å². The fourth-order valence-electron chi connectivity index (χ4n) is 1.62. The largest absolute Gasteiger partial charge is 0.322 e. The van der Waals surface area contributed by atoms with E-state index in [1.54, 1.807) is 18.3 Å². The normalized spacial score (nSPS) is 11.5. The molecular weight excluding hydrogens is 348 g/mol. The number of nitrogens with one attached hydrogen (secondary N) is 2. The van der Waals surface area contributed by atoms with Crippen LogP contribution in [0.15, 0.2) is 34.8 Å². The zero-order valence-corrected chi connectivity index (χ0v) is 13.2. The molecule has 0 aliphatic heterocycles. The number of nitrogens with zero attached hydrogens (tertiary/aromatic N) is 3. The number of sulfonamides is 1. The molecule has 0 saturated heterocycles. The molecule has 0 spiro atoms. The maximum atomic E-state index is 11.3. The van der Waals surface area contributed by atoms with Crippen LogP contribution in [-0.2, 0) is 10.0 Å². The van der Waals surface area contributed by atoms with Gasteiger partial charge in [0.05, 0.1) is 11.1 Å². The van der Waals surface area contributed by atoms with E-state index in [2.05, 4.69) is 25.5 Å². The Morgan fingerprint density at radius 2 is 2.14 bits per heavy atom. The van der Waals surface area contributed by atoms with E-state index in [1.165, 1.54) is 12.3 Å². The van der Waals surface area contributed by atoms with E-state index in [-0.39, 0.29) is 4.21 Å².